The van der Waals surface area contributed by atoms with Crippen LogP contribution in [0.5, 0.6) is 0 Å². The maximum Gasteiger partial charge on any atom is 0.246 e. The molecule has 0 N–H and O–H groups in total. The normalized spacial score (nSPS) is 18.9. The van der Waals surface area contributed by atoms with E-state index in [2.05, 4.69) is 0 Å². The molecule has 2 aliphatic rings. The van der Waals surface area contributed by atoms with E-state index in [1.165, 1.54) is 0 Å². The Morgan fingerprint density at radius 1 is 1.00 bits per heavy atom. The smallest absolute Gasteiger partial charge is 0.246 e. The van der Waals surface area contributed by atoms with E-state index >= 15 is 0 Å². The molecule has 6 nitrogen and oxygen atoms in total. The van der Waals surface area contributed by atoms with Gasteiger partial charge in [0.1, 0.15) is 6.54 Å². The number of hydrogen-bond acceptors (Lipinski definition) is 3. The maximum absolute atomic E-state index is 12.8. The topological polar surface area (TPSA) is 60.9 Å². The number of benzene rings is 1. The second-order valence-corrected chi connectivity index (χ2v) is 7.89. The summed E-state index contributed by atoms with van der Waals surface area (Å²) >= 11 is 0. The van der Waals surface area contributed by atoms with Gasteiger partial charge < -0.3 is 14.7 Å². The number of carbonyl (C=O) groups is 3. The Balaban J connectivity index is 1.51. The first-order chi connectivity index (χ1) is 13.0. The molecule has 0 aromatic heterocycles. The van der Waals surface area contributed by atoms with Gasteiger partial charge >= 0.3 is 0 Å². The van der Waals surface area contributed by atoms with E-state index in [1.807, 2.05) is 49.1 Å². The van der Waals surface area contributed by atoms with Gasteiger partial charge in [-0.3, -0.25) is 14.4 Å². The molecule has 0 radical (unpaired) electrons. The molecular weight excluding hydrogens is 342 g/mol. The summed E-state index contributed by atoms with van der Waals surface area (Å²) in [5.74, 6) is 0.480. The fourth-order valence-corrected chi connectivity index (χ4v) is 3.85. The lowest BCUT2D eigenvalue weighted by atomic mass is 9.94. The van der Waals surface area contributed by atoms with Gasteiger partial charge in [-0.1, -0.05) is 32.0 Å². The molecule has 2 fully saturated rings. The van der Waals surface area contributed by atoms with E-state index in [1.54, 1.807) is 9.80 Å². The van der Waals surface area contributed by atoms with Crippen molar-refractivity contribution in [2.24, 2.45) is 11.8 Å². The molecule has 0 saturated carbocycles. The summed E-state index contributed by atoms with van der Waals surface area (Å²) in [6, 6.07) is 9.58. The summed E-state index contributed by atoms with van der Waals surface area (Å²) in [5.41, 5.74) is 0.881. The molecule has 1 aromatic rings. The third-order valence-corrected chi connectivity index (χ3v) is 5.38. The predicted molar refractivity (Wildman–Crippen MR) is 104 cm³/mol. The Bertz CT molecular complexity index is 681. The van der Waals surface area contributed by atoms with Crippen molar-refractivity contribution >= 4 is 23.4 Å². The van der Waals surface area contributed by atoms with Gasteiger partial charge in [-0.2, -0.15) is 0 Å². The molecule has 2 heterocycles. The summed E-state index contributed by atoms with van der Waals surface area (Å²) in [6.45, 7) is 6.59. The van der Waals surface area contributed by atoms with E-state index in [0.717, 1.165) is 5.69 Å². The van der Waals surface area contributed by atoms with Crippen molar-refractivity contribution in [2.75, 3.05) is 37.6 Å². The molecule has 3 rings (SSSR count). The van der Waals surface area contributed by atoms with Crippen LogP contribution in [0, 0.1) is 11.8 Å². The van der Waals surface area contributed by atoms with E-state index < -0.39 is 0 Å². The number of amides is 3. The molecule has 0 unspecified atom stereocenters. The summed E-state index contributed by atoms with van der Waals surface area (Å²) in [6.07, 6.45) is 1.94. The van der Waals surface area contributed by atoms with E-state index in [-0.39, 0.29) is 30.2 Å². The predicted octanol–water partition coefficient (Wildman–Crippen LogP) is 2.15. The van der Waals surface area contributed by atoms with Crippen molar-refractivity contribution in [3.05, 3.63) is 30.3 Å². The molecule has 146 valence electrons. The zero-order valence-electron chi connectivity index (χ0n) is 16.3. The lowest BCUT2D eigenvalue weighted by Crippen LogP contribution is -2.54. The van der Waals surface area contributed by atoms with Crippen LogP contribution in [-0.4, -0.2) is 60.2 Å². The number of anilines is 1. The Morgan fingerprint density at radius 3 is 2.26 bits per heavy atom. The lowest BCUT2D eigenvalue weighted by Gasteiger charge is -2.38. The average molecular weight is 371 g/mol. The number of nitrogens with zero attached hydrogens (tertiary/aromatic N) is 3. The van der Waals surface area contributed by atoms with Crippen molar-refractivity contribution in [2.45, 2.75) is 33.1 Å². The Kier molecular flexibility index (Phi) is 6.14. The summed E-state index contributed by atoms with van der Waals surface area (Å²) in [7, 11) is 0. The Hall–Kier alpha value is -2.37. The van der Waals surface area contributed by atoms with Crippen LogP contribution in [0.4, 0.5) is 5.69 Å². The molecule has 3 amide bonds. The molecule has 2 saturated heterocycles. The van der Waals surface area contributed by atoms with Crippen LogP contribution in [0.15, 0.2) is 30.3 Å². The van der Waals surface area contributed by atoms with Crippen molar-refractivity contribution in [3.8, 4) is 0 Å². The van der Waals surface area contributed by atoms with Crippen LogP contribution in [0.2, 0.25) is 0 Å². The highest BCUT2D eigenvalue weighted by Crippen LogP contribution is 2.23. The van der Waals surface area contributed by atoms with Gasteiger partial charge in [-0.25, -0.2) is 0 Å². The number of piperidine rings is 1. The molecular formula is C21H29N3O3. The minimum absolute atomic E-state index is 0.0367. The van der Waals surface area contributed by atoms with Crippen molar-refractivity contribution in [1.82, 2.24) is 9.80 Å². The van der Waals surface area contributed by atoms with E-state index in [4.69, 9.17) is 0 Å². The molecule has 1 aromatic carbocycles. The van der Waals surface area contributed by atoms with Gasteiger partial charge in [0.2, 0.25) is 17.7 Å². The van der Waals surface area contributed by atoms with Gasteiger partial charge in [0.05, 0.1) is 0 Å². The first-order valence-corrected chi connectivity index (χ1v) is 9.87. The first kappa shape index (κ1) is 19.4. The van der Waals surface area contributed by atoms with Crippen LogP contribution in [0.1, 0.15) is 33.1 Å². The quantitative estimate of drug-likeness (QED) is 0.815. The fourth-order valence-electron chi connectivity index (χ4n) is 3.85. The van der Waals surface area contributed by atoms with Gasteiger partial charge in [-0.05, 0) is 30.9 Å². The zero-order valence-corrected chi connectivity index (χ0v) is 16.3. The van der Waals surface area contributed by atoms with Gasteiger partial charge in [0.25, 0.3) is 0 Å². The summed E-state index contributed by atoms with van der Waals surface area (Å²) < 4.78 is 0. The summed E-state index contributed by atoms with van der Waals surface area (Å²) in [4.78, 5) is 42.9. The first-order valence-electron chi connectivity index (χ1n) is 9.87. The number of para-hydroxylation sites is 1. The zero-order chi connectivity index (χ0) is 19.4. The van der Waals surface area contributed by atoms with Gasteiger partial charge in [0.15, 0.2) is 0 Å². The Morgan fingerprint density at radius 2 is 1.67 bits per heavy atom. The summed E-state index contributed by atoms with van der Waals surface area (Å²) in [5, 5.41) is 0. The van der Waals surface area contributed by atoms with Crippen molar-refractivity contribution in [3.63, 3.8) is 0 Å². The number of piperazine rings is 1. The monoisotopic (exact) mass is 371 g/mol. The van der Waals surface area contributed by atoms with E-state index in [0.29, 0.717) is 51.4 Å². The molecule has 0 spiro atoms. The highest BCUT2D eigenvalue weighted by molar-refractivity contribution is 5.98. The van der Waals surface area contributed by atoms with Gasteiger partial charge in [0, 0.05) is 44.2 Å². The average Bonchev–Trinajstić information content (AvgIpc) is 2.67. The SMILES string of the molecule is CC(C)CC(=O)N1CCC(C(=O)N2CCN(c3ccccc3)C(=O)C2)CC1. The van der Waals surface area contributed by atoms with Gasteiger partial charge in [-0.15, -0.1) is 0 Å². The maximum atomic E-state index is 12.8. The minimum atomic E-state index is -0.0795. The number of rotatable bonds is 4. The third-order valence-electron chi connectivity index (χ3n) is 5.38. The highest BCUT2D eigenvalue weighted by Gasteiger charge is 2.34. The van der Waals surface area contributed by atoms with E-state index in [9.17, 15) is 14.4 Å². The molecule has 0 aliphatic carbocycles. The third kappa shape index (κ3) is 4.67. The van der Waals surface area contributed by atoms with Crippen molar-refractivity contribution < 1.29 is 14.4 Å². The molecule has 6 heteroatoms. The van der Waals surface area contributed by atoms with Crippen LogP contribution < -0.4 is 4.90 Å². The number of likely N-dealkylation sites (tertiary alicyclic amines) is 1. The second-order valence-electron chi connectivity index (χ2n) is 7.89. The van der Waals surface area contributed by atoms with Crippen LogP contribution >= 0.6 is 0 Å². The van der Waals surface area contributed by atoms with Crippen molar-refractivity contribution in [1.29, 1.82) is 0 Å². The standard InChI is InChI=1S/C21H29N3O3/c1-16(2)14-19(25)22-10-8-17(9-11-22)21(27)23-12-13-24(20(26)15-23)18-6-4-3-5-7-18/h3-7,16-17H,8-15H2,1-2H3. The number of carbonyl (C=O) groups excluding carboxylic acids is 3. The molecule has 0 atom stereocenters. The highest BCUT2D eigenvalue weighted by atomic mass is 16.2. The second kappa shape index (κ2) is 8.55. The fraction of sp³-hybridized carbons (Fsp3) is 0.571. The molecule has 2 aliphatic heterocycles. The van der Waals surface area contributed by atoms with Crippen LogP contribution in [0.3, 0.4) is 0 Å². The largest absolute Gasteiger partial charge is 0.343 e. The number of hydrogen-bond donors (Lipinski definition) is 0. The molecule has 0 bridgehead atoms. The van der Waals surface area contributed by atoms with Crippen LogP contribution in [-0.2, 0) is 14.4 Å². The Labute approximate surface area is 161 Å². The molecule has 27 heavy (non-hydrogen) atoms. The van der Waals surface area contributed by atoms with Crippen LogP contribution in [0.25, 0.3) is 0 Å². The lowest BCUT2D eigenvalue weighted by molar-refractivity contribution is -0.143. The minimum Gasteiger partial charge on any atom is -0.343 e.